The molecule has 3 rings (SSSR count). The van der Waals surface area contributed by atoms with Gasteiger partial charge in [-0.2, -0.15) is 0 Å². The fourth-order valence-electron chi connectivity index (χ4n) is 2.77. The van der Waals surface area contributed by atoms with Crippen molar-refractivity contribution in [2.45, 2.75) is 39.7 Å². The number of carbonyl (C=O) groups is 1. The fraction of sp³-hybridized carbons (Fsp3) is 0.444. The zero-order valence-corrected chi connectivity index (χ0v) is 13.0. The highest BCUT2D eigenvalue weighted by atomic mass is 16.4. The number of carboxylic acid groups (broad SMARTS) is 1. The van der Waals surface area contributed by atoms with Gasteiger partial charge in [0, 0.05) is 41.6 Å². The highest BCUT2D eigenvalue weighted by molar-refractivity contribution is 5.86. The van der Waals surface area contributed by atoms with Crippen LogP contribution in [0.3, 0.4) is 0 Å². The third-order valence-electron chi connectivity index (χ3n) is 4.01. The molecule has 0 radical (unpaired) electrons. The van der Waals surface area contributed by atoms with Crippen molar-refractivity contribution in [1.29, 1.82) is 0 Å². The van der Waals surface area contributed by atoms with Gasteiger partial charge in [-0.05, 0) is 50.8 Å². The maximum absolute atomic E-state index is 10.7. The molecular formula is C18H20N2O2. The molecule has 1 fully saturated rings. The molecule has 2 heterocycles. The smallest absolute Gasteiger partial charge is 0.381 e. The van der Waals surface area contributed by atoms with Gasteiger partial charge in [0.2, 0.25) is 0 Å². The summed E-state index contributed by atoms with van der Waals surface area (Å²) < 4.78 is 2.29. The summed E-state index contributed by atoms with van der Waals surface area (Å²) in [5.74, 6) is 4.80. The minimum Gasteiger partial charge on any atom is -0.472 e. The van der Waals surface area contributed by atoms with Gasteiger partial charge < -0.3 is 9.67 Å². The summed E-state index contributed by atoms with van der Waals surface area (Å²) in [5, 5.41) is 9.89. The molecule has 0 bridgehead atoms. The SMILES string of the molecule is CC(C)(C#CC(=O)O)Cc1cc2cccnc2n1CC1CC1. The average Bonchev–Trinajstić information content (AvgIpc) is 3.21. The number of fused-ring (bicyclic) bond motifs is 1. The number of rotatable bonds is 4. The molecule has 1 aliphatic carbocycles. The second kappa shape index (κ2) is 5.49. The Kier molecular flexibility index (Phi) is 3.66. The first kappa shape index (κ1) is 14.6. The Bertz CT molecular complexity index is 773. The van der Waals surface area contributed by atoms with Crippen LogP contribution in [0.4, 0.5) is 0 Å². The van der Waals surface area contributed by atoms with E-state index in [1.807, 2.05) is 26.1 Å². The maximum Gasteiger partial charge on any atom is 0.381 e. The molecule has 1 saturated carbocycles. The largest absolute Gasteiger partial charge is 0.472 e. The molecule has 4 heteroatoms. The normalized spacial score (nSPS) is 14.6. The molecule has 4 nitrogen and oxygen atoms in total. The van der Waals surface area contributed by atoms with E-state index < -0.39 is 5.97 Å². The van der Waals surface area contributed by atoms with Crippen LogP contribution in [-0.4, -0.2) is 20.6 Å². The van der Waals surface area contributed by atoms with Crippen LogP contribution in [0.2, 0.25) is 0 Å². The number of aliphatic carboxylic acids is 1. The van der Waals surface area contributed by atoms with Crippen molar-refractivity contribution in [1.82, 2.24) is 9.55 Å². The van der Waals surface area contributed by atoms with Crippen LogP contribution >= 0.6 is 0 Å². The number of hydrogen-bond acceptors (Lipinski definition) is 2. The molecule has 0 atom stereocenters. The average molecular weight is 296 g/mol. The summed E-state index contributed by atoms with van der Waals surface area (Å²) in [4.78, 5) is 15.2. The standard InChI is InChI=1S/C18H20N2O2/c1-18(2,8-7-16(21)22)11-15-10-14-4-3-9-19-17(14)20(15)12-13-5-6-13/h3-4,9-10,13H,5-6,11-12H2,1-2H3,(H,21,22). The number of nitrogens with zero attached hydrogens (tertiary/aromatic N) is 2. The van der Waals surface area contributed by atoms with Gasteiger partial charge in [-0.25, -0.2) is 9.78 Å². The number of hydrogen-bond donors (Lipinski definition) is 1. The minimum absolute atomic E-state index is 0.381. The lowest BCUT2D eigenvalue weighted by Gasteiger charge is -2.19. The molecule has 2 aromatic heterocycles. The Balaban J connectivity index is 1.95. The summed E-state index contributed by atoms with van der Waals surface area (Å²) in [6.45, 7) is 4.96. The van der Waals surface area contributed by atoms with Crippen molar-refractivity contribution in [3.05, 3.63) is 30.1 Å². The van der Waals surface area contributed by atoms with Crippen LogP contribution in [0.1, 0.15) is 32.4 Å². The summed E-state index contributed by atoms with van der Waals surface area (Å²) in [7, 11) is 0. The second-order valence-corrected chi connectivity index (χ2v) is 6.72. The maximum atomic E-state index is 10.7. The van der Waals surface area contributed by atoms with E-state index in [-0.39, 0.29) is 5.41 Å². The lowest BCUT2D eigenvalue weighted by molar-refractivity contribution is -0.130. The van der Waals surface area contributed by atoms with Gasteiger partial charge >= 0.3 is 5.97 Å². The van der Waals surface area contributed by atoms with E-state index in [1.54, 1.807) is 0 Å². The van der Waals surface area contributed by atoms with Gasteiger partial charge in [0.1, 0.15) is 5.65 Å². The van der Waals surface area contributed by atoms with Crippen LogP contribution in [0.15, 0.2) is 24.4 Å². The molecular weight excluding hydrogens is 276 g/mol. The van der Waals surface area contributed by atoms with E-state index in [0.29, 0.717) is 0 Å². The molecule has 0 spiro atoms. The predicted octanol–water partition coefficient (Wildman–Crippen LogP) is 3.10. The van der Waals surface area contributed by atoms with Crippen LogP contribution in [0, 0.1) is 23.2 Å². The summed E-state index contributed by atoms with van der Waals surface area (Å²) in [6.07, 6.45) is 5.11. The molecule has 0 amide bonds. The molecule has 0 saturated heterocycles. The quantitative estimate of drug-likeness (QED) is 0.882. The second-order valence-electron chi connectivity index (χ2n) is 6.72. The molecule has 2 aromatic rings. The van der Waals surface area contributed by atoms with Gasteiger partial charge in [-0.1, -0.05) is 5.92 Å². The molecule has 1 N–H and O–H groups in total. The Morgan fingerprint density at radius 1 is 1.50 bits per heavy atom. The molecule has 0 aliphatic heterocycles. The van der Waals surface area contributed by atoms with Crippen LogP contribution in [0.25, 0.3) is 11.0 Å². The predicted molar refractivity (Wildman–Crippen MR) is 85.4 cm³/mol. The van der Waals surface area contributed by atoms with E-state index in [1.165, 1.54) is 18.5 Å². The topological polar surface area (TPSA) is 55.1 Å². The summed E-state index contributed by atoms with van der Waals surface area (Å²) in [6, 6.07) is 6.18. The molecule has 0 aromatic carbocycles. The highest BCUT2D eigenvalue weighted by Gasteiger charge is 2.26. The van der Waals surface area contributed by atoms with Gasteiger partial charge in [-0.15, -0.1) is 0 Å². The van der Waals surface area contributed by atoms with Crippen molar-refractivity contribution in [2.24, 2.45) is 11.3 Å². The molecule has 1 aliphatic rings. The zero-order valence-electron chi connectivity index (χ0n) is 13.0. The molecule has 0 unspecified atom stereocenters. The highest BCUT2D eigenvalue weighted by Crippen LogP contribution is 2.34. The van der Waals surface area contributed by atoms with Crippen LogP contribution in [-0.2, 0) is 17.8 Å². The molecule has 114 valence electrons. The first-order valence-electron chi connectivity index (χ1n) is 7.64. The number of aromatic nitrogens is 2. The first-order valence-corrected chi connectivity index (χ1v) is 7.64. The Labute approximate surface area is 130 Å². The Morgan fingerprint density at radius 3 is 2.95 bits per heavy atom. The lowest BCUT2D eigenvalue weighted by Crippen LogP contribution is -2.16. The third-order valence-corrected chi connectivity index (χ3v) is 4.01. The van der Waals surface area contributed by atoms with E-state index in [4.69, 9.17) is 5.11 Å². The number of carboxylic acids is 1. The van der Waals surface area contributed by atoms with E-state index in [9.17, 15) is 4.79 Å². The van der Waals surface area contributed by atoms with Crippen molar-refractivity contribution < 1.29 is 9.90 Å². The first-order chi connectivity index (χ1) is 10.4. The lowest BCUT2D eigenvalue weighted by atomic mass is 9.88. The Morgan fingerprint density at radius 2 is 2.27 bits per heavy atom. The van der Waals surface area contributed by atoms with Gasteiger partial charge in [-0.3, -0.25) is 0 Å². The van der Waals surface area contributed by atoms with Gasteiger partial charge in [0.15, 0.2) is 0 Å². The van der Waals surface area contributed by atoms with E-state index >= 15 is 0 Å². The fourth-order valence-corrected chi connectivity index (χ4v) is 2.77. The van der Waals surface area contributed by atoms with Crippen molar-refractivity contribution in [3.8, 4) is 11.8 Å². The van der Waals surface area contributed by atoms with Gasteiger partial charge in [0.25, 0.3) is 0 Å². The zero-order chi connectivity index (χ0) is 15.7. The van der Waals surface area contributed by atoms with Crippen LogP contribution < -0.4 is 0 Å². The monoisotopic (exact) mass is 296 g/mol. The van der Waals surface area contributed by atoms with E-state index in [0.717, 1.165) is 29.9 Å². The number of pyridine rings is 1. The Hall–Kier alpha value is -2.28. The third kappa shape index (κ3) is 3.30. The van der Waals surface area contributed by atoms with E-state index in [2.05, 4.69) is 33.5 Å². The summed E-state index contributed by atoms with van der Waals surface area (Å²) >= 11 is 0. The van der Waals surface area contributed by atoms with Crippen LogP contribution in [0.5, 0.6) is 0 Å². The van der Waals surface area contributed by atoms with Crippen molar-refractivity contribution in [3.63, 3.8) is 0 Å². The molecule has 22 heavy (non-hydrogen) atoms. The van der Waals surface area contributed by atoms with Crippen molar-refractivity contribution in [2.75, 3.05) is 0 Å². The van der Waals surface area contributed by atoms with Crippen molar-refractivity contribution >= 4 is 17.0 Å². The summed E-state index contributed by atoms with van der Waals surface area (Å²) in [5.41, 5.74) is 1.82. The van der Waals surface area contributed by atoms with Gasteiger partial charge in [0.05, 0.1) is 0 Å². The minimum atomic E-state index is -1.08.